The van der Waals surface area contributed by atoms with Crippen molar-refractivity contribution in [2.45, 2.75) is 38.5 Å². The van der Waals surface area contributed by atoms with Gasteiger partial charge in [0.05, 0.1) is 10.8 Å². The van der Waals surface area contributed by atoms with Crippen molar-refractivity contribution >= 4 is 11.7 Å². The van der Waals surface area contributed by atoms with E-state index in [-0.39, 0.29) is 5.92 Å². The maximum atomic E-state index is 12.6. The van der Waals surface area contributed by atoms with Crippen molar-refractivity contribution in [3.8, 4) is 0 Å². The van der Waals surface area contributed by atoms with E-state index in [1.807, 2.05) is 0 Å². The van der Waals surface area contributed by atoms with Gasteiger partial charge in [-0.15, -0.1) is 5.10 Å². The number of hydrogen-bond donors (Lipinski definition) is 0. The fourth-order valence-electron chi connectivity index (χ4n) is 2.20. The molecule has 1 fully saturated rings. The first kappa shape index (κ1) is 14.4. The van der Waals surface area contributed by atoms with Gasteiger partial charge in [-0.3, -0.25) is 10.1 Å². The number of alkyl halides is 2. The minimum Gasteiger partial charge on any atom is -0.319 e. The summed E-state index contributed by atoms with van der Waals surface area (Å²) in [4.78, 5) is 26.7. The summed E-state index contributed by atoms with van der Waals surface area (Å²) in [5.74, 6) is -0.898. The molecule has 0 N–H and O–H groups in total. The molecule has 1 aromatic heterocycles. The summed E-state index contributed by atoms with van der Waals surface area (Å²) in [5, 5.41) is 13.9. The minimum atomic E-state index is -3.11. The smallest absolute Gasteiger partial charge is 0.319 e. The number of nitro groups is 1. The average molecular weight is 289 g/mol. The van der Waals surface area contributed by atoms with Crippen LogP contribution in [0.25, 0.3) is 0 Å². The van der Waals surface area contributed by atoms with Crippen molar-refractivity contribution in [3.05, 3.63) is 22.0 Å². The molecule has 0 spiro atoms. The first-order valence-corrected chi connectivity index (χ1v) is 6.23. The standard InChI is InChI=1S/C11H13F2N3O4/c12-10(13)9-8(16(18)19)6-15(14-9)20-11(17)7-4-2-1-3-5-7/h6-7,10H,1-5H2. The van der Waals surface area contributed by atoms with Crippen LogP contribution >= 0.6 is 0 Å². The van der Waals surface area contributed by atoms with E-state index in [1.165, 1.54) is 0 Å². The highest BCUT2D eigenvalue weighted by Crippen LogP contribution is 2.27. The van der Waals surface area contributed by atoms with E-state index in [2.05, 4.69) is 5.10 Å². The summed E-state index contributed by atoms with van der Waals surface area (Å²) >= 11 is 0. The maximum absolute atomic E-state index is 12.6. The number of rotatable bonds is 4. The molecule has 1 saturated carbocycles. The van der Waals surface area contributed by atoms with Gasteiger partial charge in [0, 0.05) is 0 Å². The summed E-state index contributed by atoms with van der Waals surface area (Å²) in [6.45, 7) is 0. The predicted octanol–water partition coefficient (Wildman–Crippen LogP) is 2.26. The molecule has 0 saturated heterocycles. The average Bonchev–Trinajstić information content (AvgIpc) is 2.84. The minimum absolute atomic E-state index is 0.304. The number of nitrogens with zero attached hydrogens (tertiary/aromatic N) is 3. The van der Waals surface area contributed by atoms with Crippen molar-refractivity contribution < 1.29 is 23.3 Å². The van der Waals surface area contributed by atoms with E-state index in [0.717, 1.165) is 19.3 Å². The highest BCUT2D eigenvalue weighted by atomic mass is 19.3. The third kappa shape index (κ3) is 3.09. The molecular weight excluding hydrogens is 276 g/mol. The largest absolute Gasteiger partial charge is 0.337 e. The van der Waals surface area contributed by atoms with Gasteiger partial charge < -0.3 is 4.84 Å². The van der Waals surface area contributed by atoms with Crippen molar-refractivity contribution in [1.82, 2.24) is 9.94 Å². The van der Waals surface area contributed by atoms with Crippen LogP contribution in [0.2, 0.25) is 0 Å². The molecule has 0 aliphatic heterocycles. The Hall–Kier alpha value is -2.06. The van der Waals surface area contributed by atoms with Crippen LogP contribution in [0.3, 0.4) is 0 Å². The van der Waals surface area contributed by atoms with Gasteiger partial charge in [0.25, 0.3) is 6.43 Å². The van der Waals surface area contributed by atoms with Crippen LogP contribution in [-0.2, 0) is 4.79 Å². The molecule has 1 aromatic rings. The lowest BCUT2D eigenvalue weighted by Gasteiger charge is -2.18. The van der Waals surface area contributed by atoms with Crippen molar-refractivity contribution in [1.29, 1.82) is 0 Å². The Morgan fingerprint density at radius 1 is 1.45 bits per heavy atom. The summed E-state index contributed by atoms with van der Waals surface area (Å²) in [6.07, 6.45) is 1.77. The Morgan fingerprint density at radius 3 is 2.60 bits per heavy atom. The zero-order chi connectivity index (χ0) is 14.7. The van der Waals surface area contributed by atoms with E-state index in [0.29, 0.717) is 23.9 Å². The van der Waals surface area contributed by atoms with Gasteiger partial charge in [-0.1, -0.05) is 24.1 Å². The molecular formula is C11H13F2N3O4. The lowest BCUT2D eigenvalue weighted by Crippen LogP contribution is -2.29. The van der Waals surface area contributed by atoms with Gasteiger partial charge in [-0.2, -0.15) is 0 Å². The van der Waals surface area contributed by atoms with E-state index in [4.69, 9.17) is 4.84 Å². The normalized spacial score (nSPS) is 16.4. The Kier molecular flexibility index (Phi) is 4.26. The molecule has 0 unspecified atom stereocenters. The summed E-state index contributed by atoms with van der Waals surface area (Å²) < 4.78 is 25.1. The van der Waals surface area contributed by atoms with E-state index in [1.54, 1.807) is 0 Å². The molecule has 9 heteroatoms. The second-order valence-corrected chi connectivity index (χ2v) is 4.61. The van der Waals surface area contributed by atoms with Crippen LogP contribution in [-0.4, -0.2) is 20.8 Å². The molecule has 1 aliphatic rings. The monoisotopic (exact) mass is 289 g/mol. The second kappa shape index (κ2) is 5.93. The number of carbonyl (C=O) groups is 1. The van der Waals surface area contributed by atoms with Gasteiger partial charge in [0.1, 0.15) is 6.20 Å². The molecule has 7 nitrogen and oxygen atoms in total. The summed E-state index contributed by atoms with van der Waals surface area (Å²) in [6, 6.07) is 0. The Labute approximate surface area is 112 Å². The molecule has 0 aromatic carbocycles. The number of carbonyl (C=O) groups excluding carboxylic acids is 1. The Morgan fingerprint density at radius 2 is 2.10 bits per heavy atom. The molecule has 0 atom stereocenters. The van der Waals surface area contributed by atoms with E-state index >= 15 is 0 Å². The van der Waals surface area contributed by atoms with Crippen molar-refractivity contribution in [3.63, 3.8) is 0 Å². The Bertz CT molecular complexity index is 512. The summed E-state index contributed by atoms with van der Waals surface area (Å²) in [5.41, 5.74) is -1.87. The number of halogens is 2. The van der Waals surface area contributed by atoms with E-state index < -0.39 is 28.7 Å². The maximum Gasteiger partial charge on any atom is 0.337 e. The van der Waals surface area contributed by atoms with E-state index in [9.17, 15) is 23.7 Å². The molecule has 1 aliphatic carbocycles. The number of aromatic nitrogens is 2. The molecule has 2 rings (SSSR count). The highest BCUT2D eigenvalue weighted by molar-refractivity contribution is 5.72. The van der Waals surface area contributed by atoms with Crippen LogP contribution in [0.4, 0.5) is 14.5 Å². The van der Waals surface area contributed by atoms with Gasteiger partial charge >= 0.3 is 11.7 Å². The number of hydrogen-bond acceptors (Lipinski definition) is 5. The third-order valence-electron chi connectivity index (χ3n) is 3.23. The molecule has 0 radical (unpaired) electrons. The SMILES string of the molecule is O=C(On1cc([N+](=O)[O-])c(C(F)F)n1)C1CCCCC1. The second-order valence-electron chi connectivity index (χ2n) is 4.61. The third-order valence-corrected chi connectivity index (χ3v) is 3.23. The van der Waals surface area contributed by atoms with Crippen molar-refractivity contribution in [2.75, 3.05) is 0 Å². The highest BCUT2D eigenvalue weighted by Gasteiger charge is 2.29. The zero-order valence-electron chi connectivity index (χ0n) is 10.5. The first-order chi connectivity index (χ1) is 9.49. The van der Waals surface area contributed by atoms with Gasteiger partial charge in [-0.25, -0.2) is 13.6 Å². The fraction of sp³-hybridized carbons (Fsp3) is 0.636. The predicted molar refractivity (Wildman–Crippen MR) is 62.0 cm³/mol. The lowest BCUT2D eigenvalue weighted by molar-refractivity contribution is -0.386. The fourth-order valence-corrected chi connectivity index (χ4v) is 2.20. The quantitative estimate of drug-likeness (QED) is 0.626. The first-order valence-electron chi connectivity index (χ1n) is 6.23. The van der Waals surface area contributed by atoms with Crippen LogP contribution in [0.1, 0.15) is 44.2 Å². The summed E-state index contributed by atoms with van der Waals surface area (Å²) in [7, 11) is 0. The zero-order valence-corrected chi connectivity index (χ0v) is 10.5. The molecule has 0 bridgehead atoms. The van der Waals surface area contributed by atoms with Crippen molar-refractivity contribution in [2.24, 2.45) is 5.92 Å². The molecule has 20 heavy (non-hydrogen) atoms. The van der Waals surface area contributed by atoms with Gasteiger partial charge in [-0.05, 0) is 12.8 Å². The molecule has 0 amide bonds. The van der Waals surface area contributed by atoms with Crippen LogP contribution in [0.15, 0.2) is 6.20 Å². The van der Waals surface area contributed by atoms with Crippen LogP contribution in [0, 0.1) is 16.0 Å². The molecule has 110 valence electrons. The lowest BCUT2D eigenvalue weighted by atomic mass is 9.89. The molecule has 1 heterocycles. The van der Waals surface area contributed by atoms with Crippen LogP contribution in [0.5, 0.6) is 0 Å². The van der Waals surface area contributed by atoms with Gasteiger partial charge in [0.2, 0.25) is 5.69 Å². The Balaban J connectivity index is 2.11. The van der Waals surface area contributed by atoms with Crippen LogP contribution < -0.4 is 4.84 Å². The topological polar surface area (TPSA) is 87.3 Å². The van der Waals surface area contributed by atoms with Gasteiger partial charge in [0.15, 0.2) is 0 Å².